The molecule has 0 bridgehead atoms. The Kier molecular flexibility index (Phi) is 7.33. The summed E-state index contributed by atoms with van der Waals surface area (Å²) < 4.78 is 19.1. The molecule has 0 atom stereocenters. The van der Waals surface area contributed by atoms with Crippen molar-refractivity contribution in [3.8, 4) is 11.5 Å². The van der Waals surface area contributed by atoms with Crippen molar-refractivity contribution in [1.29, 1.82) is 0 Å². The number of rotatable bonds is 10. The van der Waals surface area contributed by atoms with Gasteiger partial charge in [0.25, 0.3) is 0 Å². The summed E-state index contributed by atoms with van der Waals surface area (Å²) in [5, 5.41) is 18.9. The van der Waals surface area contributed by atoms with Gasteiger partial charge in [-0.1, -0.05) is 34.7 Å². The van der Waals surface area contributed by atoms with E-state index in [0.717, 1.165) is 22.6 Å². The summed E-state index contributed by atoms with van der Waals surface area (Å²) in [5.74, 6) is 1.56. The number of carbonyl (C=O) groups excluding carboxylic acids is 1. The van der Waals surface area contributed by atoms with E-state index in [9.17, 15) is 4.79 Å². The van der Waals surface area contributed by atoms with Gasteiger partial charge in [0.2, 0.25) is 0 Å². The van der Waals surface area contributed by atoms with Crippen molar-refractivity contribution in [2.45, 2.75) is 26.2 Å². The molecular formula is C23H25N7O4. The predicted octanol–water partition coefficient (Wildman–Crippen LogP) is 2.41. The van der Waals surface area contributed by atoms with Gasteiger partial charge in [-0.25, -0.2) is 14.2 Å². The highest BCUT2D eigenvalue weighted by molar-refractivity contribution is 5.67. The van der Waals surface area contributed by atoms with Gasteiger partial charge < -0.3 is 19.5 Å². The fourth-order valence-corrected chi connectivity index (χ4v) is 3.25. The van der Waals surface area contributed by atoms with Crippen molar-refractivity contribution >= 4 is 6.09 Å². The molecule has 11 heteroatoms. The molecule has 0 radical (unpaired) electrons. The molecule has 0 saturated heterocycles. The molecule has 11 nitrogen and oxygen atoms in total. The zero-order valence-electron chi connectivity index (χ0n) is 18.9. The molecule has 34 heavy (non-hydrogen) atoms. The number of ether oxygens (including phenoxy) is 3. The van der Waals surface area contributed by atoms with E-state index >= 15 is 0 Å². The zero-order chi connectivity index (χ0) is 23.8. The Labute approximate surface area is 196 Å². The number of amides is 1. The van der Waals surface area contributed by atoms with Gasteiger partial charge >= 0.3 is 6.09 Å². The van der Waals surface area contributed by atoms with Crippen LogP contribution < -0.4 is 14.8 Å². The SMILES string of the molecule is COc1cccc(Cn2cc(CNC(=O)OCc3cn(Cc4cccc(OC)c4)nn3)nn2)c1. The van der Waals surface area contributed by atoms with E-state index < -0.39 is 6.09 Å². The van der Waals surface area contributed by atoms with Crippen molar-refractivity contribution in [3.05, 3.63) is 83.4 Å². The van der Waals surface area contributed by atoms with Crippen LogP contribution in [0.25, 0.3) is 0 Å². The maximum absolute atomic E-state index is 12.1. The number of hydrogen-bond acceptors (Lipinski definition) is 8. The van der Waals surface area contributed by atoms with Gasteiger partial charge in [-0.05, 0) is 35.4 Å². The number of alkyl carbamates (subject to hydrolysis) is 1. The van der Waals surface area contributed by atoms with Crippen LogP contribution in [-0.2, 0) is 31.0 Å². The minimum absolute atomic E-state index is 0.00642. The van der Waals surface area contributed by atoms with E-state index in [1.807, 2.05) is 48.5 Å². The maximum atomic E-state index is 12.1. The molecule has 0 saturated carbocycles. The van der Waals surface area contributed by atoms with Crippen LogP contribution in [0.15, 0.2) is 60.9 Å². The van der Waals surface area contributed by atoms with Crippen molar-refractivity contribution in [1.82, 2.24) is 35.3 Å². The number of nitrogens with zero attached hydrogens (tertiary/aromatic N) is 6. The van der Waals surface area contributed by atoms with Crippen LogP contribution in [0.1, 0.15) is 22.5 Å². The van der Waals surface area contributed by atoms with Crippen LogP contribution in [0, 0.1) is 0 Å². The average Bonchev–Trinajstić information content (AvgIpc) is 3.51. The number of nitrogens with one attached hydrogen (secondary N) is 1. The van der Waals surface area contributed by atoms with Gasteiger partial charge in [0.1, 0.15) is 29.5 Å². The molecule has 176 valence electrons. The fraction of sp³-hybridized carbons (Fsp3) is 0.261. The lowest BCUT2D eigenvalue weighted by Crippen LogP contribution is -2.23. The van der Waals surface area contributed by atoms with E-state index in [2.05, 4.69) is 25.9 Å². The van der Waals surface area contributed by atoms with Crippen molar-refractivity contribution in [2.24, 2.45) is 0 Å². The largest absolute Gasteiger partial charge is 0.497 e. The molecule has 4 aromatic rings. The molecule has 0 unspecified atom stereocenters. The molecule has 1 amide bonds. The third-order valence-corrected chi connectivity index (χ3v) is 4.89. The number of hydrogen-bond donors (Lipinski definition) is 1. The Hall–Kier alpha value is -4.41. The second-order valence-electron chi connectivity index (χ2n) is 7.45. The second-order valence-corrected chi connectivity index (χ2v) is 7.45. The molecule has 2 aromatic heterocycles. The van der Waals surface area contributed by atoms with E-state index in [1.54, 1.807) is 36.0 Å². The lowest BCUT2D eigenvalue weighted by atomic mass is 10.2. The van der Waals surface area contributed by atoms with Gasteiger partial charge in [0, 0.05) is 0 Å². The summed E-state index contributed by atoms with van der Waals surface area (Å²) in [6, 6.07) is 15.4. The minimum Gasteiger partial charge on any atom is -0.497 e. The molecule has 0 aliphatic carbocycles. The summed E-state index contributed by atoms with van der Waals surface area (Å²) in [7, 11) is 3.25. The highest BCUT2D eigenvalue weighted by atomic mass is 16.5. The third kappa shape index (κ3) is 6.31. The average molecular weight is 463 g/mol. The Morgan fingerprint density at radius 3 is 2.00 bits per heavy atom. The number of methoxy groups -OCH3 is 2. The van der Waals surface area contributed by atoms with Crippen LogP contribution in [-0.4, -0.2) is 50.3 Å². The highest BCUT2D eigenvalue weighted by Crippen LogP contribution is 2.14. The predicted molar refractivity (Wildman–Crippen MR) is 121 cm³/mol. The van der Waals surface area contributed by atoms with Gasteiger partial charge in [0.05, 0.1) is 46.2 Å². The lowest BCUT2D eigenvalue weighted by molar-refractivity contribution is 0.137. The quantitative estimate of drug-likeness (QED) is 0.381. The second kappa shape index (κ2) is 10.9. The van der Waals surface area contributed by atoms with Crippen LogP contribution >= 0.6 is 0 Å². The van der Waals surface area contributed by atoms with Crippen LogP contribution in [0.5, 0.6) is 11.5 Å². The Morgan fingerprint density at radius 2 is 1.41 bits per heavy atom. The molecule has 1 N–H and O–H groups in total. The lowest BCUT2D eigenvalue weighted by Gasteiger charge is -2.04. The van der Waals surface area contributed by atoms with Gasteiger partial charge in [-0.15, -0.1) is 10.2 Å². The first-order valence-corrected chi connectivity index (χ1v) is 10.6. The van der Waals surface area contributed by atoms with Crippen LogP contribution in [0.3, 0.4) is 0 Å². The molecule has 0 aliphatic rings. The Bertz CT molecular complexity index is 1140. The van der Waals surface area contributed by atoms with E-state index in [1.165, 1.54) is 0 Å². The summed E-state index contributed by atoms with van der Waals surface area (Å²) in [5.41, 5.74) is 3.21. The Balaban J connectivity index is 1.21. The van der Waals surface area contributed by atoms with Crippen LogP contribution in [0.4, 0.5) is 4.79 Å². The summed E-state index contributed by atoms with van der Waals surface area (Å²) in [4.78, 5) is 12.1. The maximum Gasteiger partial charge on any atom is 0.407 e. The zero-order valence-corrected chi connectivity index (χ0v) is 18.9. The molecular weight excluding hydrogens is 438 g/mol. The first-order chi connectivity index (χ1) is 16.6. The number of benzene rings is 2. The first-order valence-electron chi connectivity index (χ1n) is 10.6. The minimum atomic E-state index is -0.579. The third-order valence-electron chi connectivity index (χ3n) is 4.89. The molecule has 2 heterocycles. The molecule has 0 spiro atoms. The van der Waals surface area contributed by atoms with E-state index in [4.69, 9.17) is 14.2 Å². The normalized spacial score (nSPS) is 10.6. The van der Waals surface area contributed by atoms with Crippen molar-refractivity contribution in [2.75, 3.05) is 14.2 Å². The highest BCUT2D eigenvalue weighted by Gasteiger charge is 2.09. The fourth-order valence-electron chi connectivity index (χ4n) is 3.25. The smallest absolute Gasteiger partial charge is 0.407 e. The first kappa shape index (κ1) is 22.8. The van der Waals surface area contributed by atoms with Crippen LogP contribution in [0.2, 0.25) is 0 Å². The number of carbonyl (C=O) groups is 1. The topological polar surface area (TPSA) is 118 Å². The van der Waals surface area contributed by atoms with Gasteiger partial charge in [-0.2, -0.15) is 0 Å². The standard InChI is InChI=1S/C23H25N7O4/c1-32-21-7-3-5-17(9-21)12-29-14-19(25-27-29)11-24-23(31)34-16-20-15-30(28-26-20)13-18-6-4-8-22(10-18)33-2/h3-10,14-15H,11-13,16H2,1-2H3,(H,24,31). The molecule has 2 aromatic carbocycles. The van der Waals surface area contributed by atoms with Crippen molar-refractivity contribution < 1.29 is 19.0 Å². The van der Waals surface area contributed by atoms with Gasteiger partial charge in [0.15, 0.2) is 0 Å². The summed E-state index contributed by atoms with van der Waals surface area (Å²) >= 11 is 0. The molecule has 4 rings (SSSR count). The van der Waals surface area contributed by atoms with E-state index in [-0.39, 0.29) is 13.2 Å². The van der Waals surface area contributed by atoms with Gasteiger partial charge in [-0.3, -0.25) is 0 Å². The molecule has 0 aliphatic heterocycles. The Morgan fingerprint density at radius 1 is 0.853 bits per heavy atom. The van der Waals surface area contributed by atoms with Crippen molar-refractivity contribution in [3.63, 3.8) is 0 Å². The van der Waals surface area contributed by atoms with E-state index in [0.29, 0.717) is 24.5 Å². The summed E-state index contributed by atoms with van der Waals surface area (Å²) in [6.07, 6.45) is 2.92. The molecule has 0 fully saturated rings. The monoisotopic (exact) mass is 463 g/mol. The summed E-state index contributed by atoms with van der Waals surface area (Å²) in [6.45, 7) is 1.27. The number of aromatic nitrogens is 6.